The Bertz CT molecular complexity index is 935. The van der Waals surface area contributed by atoms with Crippen LogP contribution in [0.3, 0.4) is 0 Å². The first-order valence-electron chi connectivity index (χ1n) is 11.2. The van der Waals surface area contributed by atoms with E-state index >= 15 is 8.78 Å². The van der Waals surface area contributed by atoms with Gasteiger partial charge in [-0.1, -0.05) is 0 Å². The van der Waals surface area contributed by atoms with Crippen molar-refractivity contribution in [3.63, 3.8) is 0 Å². The van der Waals surface area contributed by atoms with Crippen molar-refractivity contribution in [3.05, 3.63) is 35.8 Å². The Morgan fingerprint density at radius 2 is 1.62 bits per heavy atom. The summed E-state index contributed by atoms with van der Waals surface area (Å²) in [7, 11) is 5.04. The van der Waals surface area contributed by atoms with Crippen molar-refractivity contribution in [2.24, 2.45) is 4.99 Å². The van der Waals surface area contributed by atoms with Gasteiger partial charge in [0.2, 0.25) is 5.96 Å². The van der Waals surface area contributed by atoms with Crippen molar-refractivity contribution in [1.82, 2.24) is 20.0 Å². The van der Waals surface area contributed by atoms with Crippen LogP contribution in [0, 0.1) is 11.6 Å². The fraction of sp³-hybridized carbons (Fsp3) is 0.545. The van der Waals surface area contributed by atoms with Gasteiger partial charge in [-0.3, -0.25) is 10.2 Å². The van der Waals surface area contributed by atoms with E-state index in [4.69, 9.17) is 9.47 Å². The highest BCUT2D eigenvalue weighted by molar-refractivity contribution is 5.99. The molecule has 0 spiro atoms. The zero-order valence-electron chi connectivity index (χ0n) is 19.8. The average Bonchev–Trinajstić information content (AvgIpc) is 3.20. The van der Waals surface area contributed by atoms with Crippen LogP contribution >= 0.6 is 0 Å². The highest BCUT2D eigenvalue weighted by Gasteiger charge is 2.33. The van der Waals surface area contributed by atoms with Crippen molar-refractivity contribution < 1.29 is 23.0 Å². The van der Waals surface area contributed by atoms with E-state index in [0.717, 1.165) is 0 Å². The van der Waals surface area contributed by atoms with Crippen LogP contribution in [-0.2, 0) is 9.47 Å². The first kappa shape index (κ1) is 24.0. The number of carbonyl (C=O) groups excluding carboxylic acids is 1. The normalized spacial score (nSPS) is 18.1. The summed E-state index contributed by atoms with van der Waals surface area (Å²) < 4.78 is 40.5. The summed E-state index contributed by atoms with van der Waals surface area (Å²) in [5, 5.41) is 2.81. The molecule has 3 aliphatic heterocycles. The summed E-state index contributed by atoms with van der Waals surface area (Å²) >= 11 is 0. The summed E-state index contributed by atoms with van der Waals surface area (Å²) in [5.41, 5.74) is 0.410. The number of urea groups is 1. The smallest absolute Gasteiger partial charge is 0.331 e. The zero-order chi connectivity index (χ0) is 24.2. The van der Waals surface area contributed by atoms with E-state index in [2.05, 4.69) is 10.3 Å². The number of anilines is 2. The second kappa shape index (κ2) is 10.4. The van der Waals surface area contributed by atoms with Gasteiger partial charge in [-0.15, -0.1) is 0 Å². The number of nitrogens with zero attached hydrogens (tertiary/aromatic N) is 6. The highest BCUT2D eigenvalue weighted by Crippen LogP contribution is 2.30. The van der Waals surface area contributed by atoms with Gasteiger partial charge in [0.15, 0.2) is 17.5 Å². The van der Waals surface area contributed by atoms with Crippen molar-refractivity contribution in [2.45, 2.75) is 0 Å². The minimum atomic E-state index is -0.610. The second-order valence-corrected chi connectivity index (χ2v) is 8.38. The monoisotopic (exact) mass is 479 g/mol. The van der Waals surface area contributed by atoms with E-state index in [1.165, 1.54) is 12.1 Å². The molecule has 1 N–H and O–H groups in total. The number of aliphatic imine (C=N–C) groups is 1. The van der Waals surface area contributed by atoms with Crippen LogP contribution < -0.4 is 15.1 Å². The van der Waals surface area contributed by atoms with Crippen LogP contribution in [0.1, 0.15) is 0 Å². The number of hydrogen-bond donors (Lipinski definition) is 1. The van der Waals surface area contributed by atoms with E-state index in [1.807, 2.05) is 27.9 Å². The van der Waals surface area contributed by atoms with E-state index in [-0.39, 0.29) is 11.7 Å². The van der Waals surface area contributed by atoms with Crippen LogP contribution in [-0.4, -0.2) is 107 Å². The fourth-order valence-corrected chi connectivity index (χ4v) is 4.26. The van der Waals surface area contributed by atoms with Gasteiger partial charge in [-0.05, 0) is 12.1 Å². The Kier molecular flexibility index (Phi) is 7.37. The van der Waals surface area contributed by atoms with Gasteiger partial charge in [0, 0.05) is 72.4 Å². The van der Waals surface area contributed by atoms with Crippen LogP contribution in [0.25, 0.3) is 0 Å². The number of carbonyl (C=O) groups is 1. The van der Waals surface area contributed by atoms with Gasteiger partial charge in [-0.25, -0.2) is 13.6 Å². The summed E-state index contributed by atoms with van der Waals surface area (Å²) in [6.45, 7) is 4.03. The quantitative estimate of drug-likeness (QED) is 0.602. The lowest BCUT2D eigenvalue weighted by molar-refractivity contribution is 0.190. The third-order valence-electron chi connectivity index (χ3n) is 6.05. The Morgan fingerprint density at radius 3 is 2.21 bits per heavy atom. The van der Waals surface area contributed by atoms with Crippen molar-refractivity contribution in [1.29, 1.82) is 0 Å². The second-order valence-electron chi connectivity index (χ2n) is 8.38. The van der Waals surface area contributed by atoms with Crippen LogP contribution in [0.4, 0.5) is 25.0 Å². The molecule has 3 aliphatic rings. The number of rotatable bonds is 8. The molecule has 0 bridgehead atoms. The molecule has 0 unspecified atom stereocenters. The summed E-state index contributed by atoms with van der Waals surface area (Å²) in [6, 6.07) is 2.49. The van der Waals surface area contributed by atoms with Crippen molar-refractivity contribution in [2.75, 3.05) is 90.2 Å². The van der Waals surface area contributed by atoms with E-state index in [9.17, 15) is 4.79 Å². The molecular weight excluding hydrogens is 448 g/mol. The van der Waals surface area contributed by atoms with Gasteiger partial charge in [0.1, 0.15) is 12.4 Å². The van der Waals surface area contributed by atoms with Gasteiger partial charge in [-0.2, -0.15) is 4.99 Å². The van der Waals surface area contributed by atoms with Crippen LogP contribution in [0.15, 0.2) is 29.1 Å². The molecule has 2 amide bonds. The molecular formula is C22H31F2N7O3. The topological polar surface area (TPSA) is 76.1 Å². The van der Waals surface area contributed by atoms with Gasteiger partial charge in [0.05, 0.1) is 13.2 Å². The molecule has 1 saturated heterocycles. The van der Waals surface area contributed by atoms with Gasteiger partial charge in [0.25, 0.3) is 0 Å². The minimum absolute atomic E-state index is 0.0391. The number of fused-ring (bicyclic) bond motifs is 1. The molecule has 12 heteroatoms. The Morgan fingerprint density at radius 1 is 1.03 bits per heavy atom. The van der Waals surface area contributed by atoms with Crippen LogP contribution in [0.2, 0.25) is 0 Å². The predicted molar refractivity (Wildman–Crippen MR) is 125 cm³/mol. The molecule has 1 fully saturated rings. The van der Waals surface area contributed by atoms with E-state index < -0.39 is 11.6 Å². The molecule has 3 heterocycles. The number of methoxy groups -OCH3 is 2. The standard InChI is InChI=1S/C22H31F2N7O3/c1-27-14-19-25-21(26-22(32)31(19)15-27)30-6-4-29(5-7-30)20-17(23)12-16(13-18(20)24)28(8-10-33-2)9-11-34-3/h12-14H,4-11,15H2,1-3H3,(H,25,26,32). The number of benzene rings is 1. The number of amides is 2. The molecule has 0 atom stereocenters. The maximum Gasteiger partial charge on any atom is 0.331 e. The summed E-state index contributed by atoms with van der Waals surface area (Å²) in [6.07, 6.45) is 1.81. The zero-order valence-corrected chi connectivity index (χ0v) is 19.8. The largest absolute Gasteiger partial charge is 0.383 e. The van der Waals surface area contributed by atoms with Crippen molar-refractivity contribution in [3.8, 4) is 0 Å². The number of halogens is 2. The Hall–Kier alpha value is -3.12. The lowest BCUT2D eigenvalue weighted by Gasteiger charge is -2.39. The first-order chi connectivity index (χ1) is 16.4. The molecule has 1 aromatic rings. The number of ether oxygens (including phenoxy) is 2. The molecule has 1 aromatic carbocycles. The maximum atomic E-state index is 15.1. The minimum Gasteiger partial charge on any atom is -0.383 e. The molecule has 0 aliphatic carbocycles. The number of nitrogens with one attached hydrogen (secondary N) is 1. The molecule has 10 nitrogen and oxygen atoms in total. The molecule has 0 aromatic heterocycles. The number of hydrogen-bond acceptors (Lipinski definition) is 8. The molecule has 0 saturated carbocycles. The highest BCUT2D eigenvalue weighted by atomic mass is 19.1. The molecule has 186 valence electrons. The lowest BCUT2D eigenvalue weighted by atomic mass is 10.2. The van der Waals surface area contributed by atoms with E-state index in [1.54, 1.807) is 24.0 Å². The lowest BCUT2D eigenvalue weighted by Crippen LogP contribution is -2.57. The SMILES string of the molecule is COCCN(CCOC)c1cc(F)c(N2CCN(C3=NC4=CN(C)CN4C(=O)N3)CC2)c(F)c1. The fourth-order valence-electron chi connectivity index (χ4n) is 4.26. The molecule has 0 radical (unpaired) electrons. The maximum absolute atomic E-state index is 15.1. The third kappa shape index (κ3) is 5.02. The third-order valence-corrected chi connectivity index (χ3v) is 6.05. The Balaban J connectivity index is 1.44. The summed E-state index contributed by atoms with van der Waals surface area (Å²) in [5.74, 6) is -0.170. The molecule has 34 heavy (non-hydrogen) atoms. The summed E-state index contributed by atoms with van der Waals surface area (Å²) in [4.78, 5) is 25.8. The van der Waals surface area contributed by atoms with Gasteiger partial charge >= 0.3 is 6.03 Å². The number of guanidine groups is 1. The predicted octanol–water partition coefficient (Wildman–Crippen LogP) is 1.27. The Labute approximate surface area is 198 Å². The van der Waals surface area contributed by atoms with Crippen LogP contribution in [0.5, 0.6) is 0 Å². The molecule has 4 rings (SSSR count). The average molecular weight is 480 g/mol. The van der Waals surface area contributed by atoms with Gasteiger partial charge < -0.3 is 29.1 Å². The van der Waals surface area contributed by atoms with E-state index in [0.29, 0.717) is 76.6 Å². The first-order valence-corrected chi connectivity index (χ1v) is 11.2. The number of piperazine rings is 1. The van der Waals surface area contributed by atoms with Crippen molar-refractivity contribution >= 4 is 23.4 Å².